The molecule has 2 N–H and O–H groups in total. The molecule has 1 unspecified atom stereocenters. The number of benzene rings is 1. The highest BCUT2D eigenvalue weighted by Crippen LogP contribution is 2.22. The first kappa shape index (κ1) is 11.5. The first-order valence-corrected chi connectivity index (χ1v) is 5.39. The maximum atomic E-state index is 7.29. The molecule has 90 valence electrons. The Labute approximate surface area is 99.7 Å². The zero-order valence-corrected chi connectivity index (χ0v) is 10.2. The van der Waals surface area contributed by atoms with Crippen LogP contribution in [-0.2, 0) is 0 Å². The van der Waals surface area contributed by atoms with Gasteiger partial charge in [-0.25, -0.2) is 5.01 Å². The van der Waals surface area contributed by atoms with Crippen molar-refractivity contribution < 1.29 is 0 Å². The molecular formula is C11H16N6. The summed E-state index contributed by atoms with van der Waals surface area (Å²) >= 11 is 0. The molecule has 0 aliphatic heterocycles. The minimum Gasteiger partial charge on any atom is -0.288 e. The maximum absolute atomic E-state index is 7.29. The number of nitrogens with one attached hydrogen (secondary N) is 2. The molecule has 1 aromatic carbocycles. The second-order valence-corrected chi connectivity index (χ2v) is 4.18. The van der Waals surface area contributed by atoms with Crippen LogP contribution in [0.2, 0.25) is 0 Å². The van der Waals surface area contributed by atoms with E-state index in [9.17, 15) is 0 Å². The van der Waals surface area contributed by atoms with Gasteiger partial charge in [0.05, 0.1) is 17.4 Å². The van der Waals surface area contributed by atoms with Crippen LogP contribution in [0.1, 0.15) is 6.92 Å². The molecule has 0 saturated carbocycles. The lowest BCUT2D eigenvalue weighted by Gasteiger charge is -2.29. The Kier molecular flexibility index (Phi) is 3.06. The predicted molar refractivity (Wildman–Crippen MR) is 66.9 cm³/mol. The van der Waals surface area contributed by atoms with Gasteiger partial charge in [0.2, 0.25) is 0 Å². The van der Waals surface area contributed by atoms with Gasteiger partial charge in [-0.15, -0.1) is 0 Å². The summed E-state index contributed by atoms with van der Waals surface area (Å²) in [6.07, 6.45) is 1.80. The van der Waals surface area contributed by atoms with Crippen LogP contribution in [0, 0.1) is 5.53 Å². The second kappa shape index (κ2) is 4.50. The smallest absolute Gasteiger partial charge is 0.103 e. The molecule has 6 heteroatoms. The lowest BCUT2D eigenvalue weighted by atomic mass is 10.2. The summed E-state index contributed by atoms with van der Waals surface area (Å²) in [6, 6.07) is 5.85. The van der Waals surface area contributed by atoms with Gasteiger partial charge in [-0.05, 0) is 39.2 Å². The third-order valence-electron chi connectivity index (χ3n) is 2.90. The van der Waals surface area contributed by atoms with Crippen LogP contribution < -0.4 is 5.01 Å². The third kappa shape index (κ3) is 2.12. The fraction of sp³-hybridized carbons (Fsp3) is 0.364. The fourth-order valence-electron chi connectivity index (χ4n) is 1.64. The molecule has 17 heavy (non-hydrogen) atoms. The molecule has 2 rings (SSSR count). The minimum atomic E-state index is 0.0212. The highest BCUT2D eigenvalue weighted by Gasteiger charge is 2.16. The summed E-state index contributed by atoms with van der Waals surface area (Å²) in [7, 11) is 3.91. The number of hydrogen-bond donors (Lipinski definition) is 2. The van der Waals surface area contributed by atoms with Crippen molar-refractivity contribution in [3.05, 3.63) is 24.4 Å². The van der Waals surface area contributed by atoms with Gasteiger partial charge in [-0.2, -0.15) is 10.6 Å². The summed E-state index contributed by atoms with van der Waals surface area (Å²) in [5, 5.41) is 13.2. The van der Waals surface area contributed by atoms with E-state index in [1.165, 1.54) is 0 Å². The van der Waals surface area contributed by atoms with Crippen LogP contribution >= 0.6 is 0 Å². The highest BCUT2D eigenvalue weighted by molar-refractivity contribution is 5.81. The van der Waals surface area contributed by atoms with Gasteiger partial charge in [-0.1, -0.05) is 5.22 Å². The average Bonchev–Trinajstić information content (AvgIpc) is 2.77. The molecule has 0 aliphatic carbocycles. The quantitative estimate of drug-likeness (QED) is 0.482. The summed E-state index contributed by atoms with van der Waals surface area (Å²) < 4.78 is 0. The molecule has 0 fully saturated rings. The van der Waals surface area contributed by atoms with Gasteiger partial charge in [0, 0.05) is 5.39 Å². The summed E-state index contributed by atoms with van der Waals surface area (Å²) in [5.74, 6) is 0. The SMILES string of the molecule is CC(N(C)C)N(N=N)c1ccc2cn[nH]c2c1. The van der Waals surface area contributed by atoms with Crippen LogP contribution in [0.15, 0.2) is 29.6 Å². The molecule has 1 heterocycles. The Morgan fingerprint density at radius 2 is 2.18 bits per heavy atom. The number of aromatic nitrogens is 2. The zero-order valence-electron chi connectivity index (χ0n) is 10.2. The van der Waals surface area contributed by atoms with Crippen LogP contribution in [0.4, 0.5) is 5.69 Å². The molecule has 0 amide bonds. The molecule has 1 aromatic heterocycles. The number of rotatable bonds is 4. The lowest BCUT2D eigenvalue weighted by Crippen LogP contribution is -2.39. The van der Waals surface area contributed by atoms with Crippen molar-refractivity contribution in [3.63, 3.8) is 0 Å². The molecule has 0 aliphatic rings. The van der Waals surface area contributed by atoms with Crippen molar-refractivity contribution in [2.24, 2.45) is 5.22 Å². The van der Waals surface area contributed by atoms with Gasteiger partial charge < -0.3 is 0 Å². The van der Waals surface area contributed by atoms with Gasteiger partial charge in [-0.3, -0.25) is 10.00 Å². The monoisotopic (exact) mass is 232 g/mol. The van der Waals surface area contributed by atoms with Crippen molar-refractivity contribution in [2.75, 3.05) is 19.1 Å². The molecule has 0 spiro atoms. The minimum absolute atomic E-state index is 0.0212. The Balaban J connectivity index is 2.38. The topological polar surface area (TPSA) is 71.4 Å². The fourth-order valence-corrected chi connectivity index (χ4v) is 1.64. The normalized spacial score (nSPS) is 12.9. The van der Waals surface area contributed by atoms with E-state index in [0.717, 1.165) is 16.6 Å². The van der Waals surface area contributed by atoms with Gasteiger partial charge >= 0.3 is 0 Å². The zero-order chi connectivity index (χ0) is 12.4. The number of anilines is 1. The third-order valence-corrected chi connectivity index (χ3v) is 2.90. The second-order valence-electron chi connectivity index (χ2n) is 4.18. The van der Waals surface area contributed by atoms with E-state index < -0.39 is 0 Å². The number of aromatic amines is 1. The van der Waals surface area contributed by atoms with Crippen LogP contribution in [-0.4, -0.2) is 35.4 Å². The Bertz CT molecular complexity index is 517. The number of H-pyrrole nitrogens is 1. The molecule has 2 aromatic rings. The Hall–Kier alpha value is -1.95. The van der Waals surface area contributed by atoms with E-state index in [1.54, 1.807) is 11.2 Å². The van der Waals surface area contributed by atoms with Crippen LogP contribution in [0.5, 0.6) is 0 Å². The van der Waals surface area contributed by atoms with Gasteiger partial charge in [0.1, 0.15) is 6.17 Å². The number of nitrogens with zero attached hydrogens (tertiary/aromatic N) is 4. The van der Waals surface area contributed by atoms with Crippen molar-refractivity contribution in [1.29, 1.82) is 5.53 Å². The predicted octanol–water partition coefficient (Wildman–Crippen LogP) is 2.22. The Morgan fingerprint density at radius 3 is 2.82 bits per heavy atom. The molecule has 0 saturated heterocycles. The van der Waals surface area contributed by atoms with E-state index in [2.05, 4.69) is 15.4 Å². The van der Waals surface area contributed by atoms with Crippen molar-refractivity contribution in [1.82, 2.24) is 15.1 Å². The van der Waals surface area contributed by atoms with Crippen molar-refractivity contribution >= 4 is 16.6 Å². The van der Waals surface area contributed by atoms with E-state index >= 15 is 0 Å². The standard InChI is InChI=1S/C11H16N6/c1-8(16(2)3)17(15-12)10-5-4-9-7-13-14-11(9)6-10/h4-8,12H,1-3H3,(H,13,14). The van der Waals surface area contributed by atoms with Crippen molar-refractivity contribution in [3.8, 4) is 0 Å². The lowest BCUT2D eigenvalue weighted by molar-refractivity contribution is 0.299. The summed E-state index contributed by atoms with van der Waals surface area (Å²) in [4.78, 5) is 2.00. The van der Waals surface area contributed by atoms with Crippen LogP contribution in [0.25, 0.3) is 10.9 Å². The molecule has 1 atom stereocenters. The van der Waals surface area contributed by atoms with Gasteiger partial charge in [0.15, 0.2) is 0 Å². The van der Waals surface area contributed by atoms with Gasteiger partial charge in [0.25, 0.3) is 0 Å². The molecule has 0 bridgehead atoms. The van der Waals surface area contributed by atoms with Crippen molar-refractivity contribution in [2.45, 2.75) is 13.1 Å². The Morgan fingerprint density at radius 1 is 1.41 bits per heavy atom. The summed E-state index contributed by atoms with van der Waals surface area (Å²) in [5.41, 5.74) is 9.11. The van der Waals surface area contributed by atoms with E-state index in [-0.39, 0.29) is 6.17 Å². The first-order chi connectivity index (χ1) is 8.13. The highest BCUT2D eigenvalue weighted by atomic mass is 15.6. The maximum Gasteiger partial charge on any atom is 0.103 e. The number of hydrogen-bond acceptors (Lipinski definition) is 4. The molecule has 0 radical (unpaired) electrons. The number of fused-ring (bicyclic) bond motifs is 1. The van der Waals surface area contributed by atoms with Crippen LogP contribution in [0.3, 0.4) is 0 Å². The van der Waals surface area contributed by atoms with E-state index in [4.69, 9.17) is 5.53 Å². The van der Waals surface area contributed by atoms with E-state index in [1.807, 2.05) is 44.1 Å². The molecular weight excluding hydrogens is 216 g/mol. The average molecular weight is 232 g/mol. The van der Waals surface area contributed by atoms with E-state index in [0.29, 0.717) is 0 Å². The summed E-state index contributed by atoms with van der Waals surface area (Å²) in [6.45, 7) is 2.00. The molecule has 6 nitrogen and oxygen atoms in total. The first-order valence-electron chi connectivity index (χ1n) is 5.39. The largest absolute Gasteiger partial charge is 0.288 e.